The molecule has 0 amide bonds. The lowest BCUT2D eigenvalue weighted by atomic mass is 9.91. The van der Waals surface area contributed by atoms with Gasteiger partial charge in [0.1, 0.15) is 10.7 Å². The van der Waals surface area contributed by atoms with Crippen molar-refractivity contribution in [3.63, 3.8) is 0 Å². The van der Waals surface area contributed by atoms with Crippen LogP contribution in [0.2, 0.25) is 5.02 Å². The Balaban J connectivity index is 1.39. The highest BCUT2D eigenvalue weighted by atomic mass is 35.5. The van der Waals surface area contributed by atoms with Gasteiger partial charge in [-0.25, -0.2) is 23.4 Å². The molecule has 0 aliphatic heterocycles. The molecule has 1 fully saturated rings. The Labute approximate surface area is 234 Å². The molecule has 2 heterocycles. The molecule has 3 N–H and O–H groups in total. The molecule has 0 atom stereocenters. The van der Waals surface area contributed by atoms with Crippen LogP contribution < -0.4 is 15.4 Å². The number of nitrogens with zero attached hydrogens (tertiary/aromatic N) is 3. The second-order valence-electron chi connectivity index (χ2n) is 9.97. The van der Waals surface area contributed by atoms with Crippen LogP contribution in [0.1, 0.15) is 43.9 Å². The number of halogens is 1. The van der Waals surface area contributed by atoms with Crippen molar-refractivity contribution in [3.05, 3.63) is 71.0 Å². The van der Waals surface area contributed by atoms with Crippen molar-refractivity contribution in [1.29, 1.82) is 0 Å². The minimum absolute atomic E-state index is 0.0109. The molecule has 204 valence electrons. The van der Waals surface area contributed by atoms with Crippen molar-refractivity contribution >= 4 is 44.3 Å². The monoisotopic (exact) mass is 564 g/mol. The zero-order valence-corrected chi connectivity index (χ0v) is 23.9. The summed E-state index contributed by atoms with van der Waals surface area (Å²) in [6, 6.07) is 15.1. The third kappa shape index (κ3) is 6.00. The van der Waals surface area contributed by atoms with Gasteiger partial charge in [-0.2, -0.15) is 0 Å². The first-order valence-electron chi connectivity index (χ1n) is 13.3. The minimum Gasteiger partial charge on any atom is -0.351 e. The molecule has 5 rings (SSSR count). The SMILES string of the molecule is CCc1cc(-c2ccc(NS(=O)(=O)c3ccccc3Cl)nc2C)cc2cnc(N[C@H]3CC[C@H](NC)CC3)nc12. The van der Waals surface area contributed by atoms with Crippen LogP contribution >= 0.6 is 11.6 Å². The molecule has 4 aromatic rings. The highest BCUT2D eigenvalue weighted by Gasteiger charge is 2.21. The van der Waals surface area contributed by atoms with Gasteiger partial charge in [0.05, 0.1) is 10.5 Å². The van der Waals surface area contributed by atoms with E-state index in [0.29, 0.717) is 23.7 Å². The largest absolute Gasteiger partial charge is 0.351 e. The Morgan fingerprint density at radius 1 is 1.00 bits per heavy atom. The van der Waals surface area contributed by atoms with Gasteiger partial charge in [0.25, 0.3) is 10.0 Å². The molecule has 8 nitrogen and oxygen atoms in total. The van der Waals surface area contributed by atoms with E-state index in [2.05, 4.69) is 44.4 Å². The average Bonchev–Trinajstić information content (AvgIpc) is 2.93. The fourth-order valence-electron chi connectivity index (χ4n) is 5.20. The van der Waals surface area contributed by atoms with Crippen molar-refractivity contribution in [2.24, 2.45) is 0 Å². The highest BCUT2D eigenvalue weighted by molar-refractivity contribution is 7.92. The molecule has 1 saturated carbocycles. The third-order valence-corrected chi connectivity index (χ3v) is 9.23. The number of aromatic nitrogens is 3. The number of sulfonamides is 1. The Morgan fingerprint density at radius 2 is 1.74 bits per heavy atom. The summed E-state index contributed by atoms with van der Waals surface area (Å²) in [6.45, 7) is 3.98. The number of benzene rings is 2. The van der Waals surface area contributed by atoms with Crippen molar-refractivity contribution in [1.82, 2.24) is 20.3 Å². The Hall–Kier alpha value is -3.27. The minimum atomic E-state index is -3.87. The molecule has 0 radical (unpaired) electrons. The van der Waals surface area contributed by atoms with E-state index in [1.54, 1.807) is 24.3 Å². The fourth-order valence-corrected chi connectivity index (χ4v) is 6.72. The summed E-state index contributed by atoms with van der Waals surface area (Å²) >= 11 is 6.10. The van der Waals surface area contributed by atoms with E-state index in [1.165, 1.54) is 6.07 Å². The lowest BCUT2D eigenvalue weighted by molar-refractivity contribution is 0.370. The van der Waals surface area contributed by atoms with Crippen molar-refractivity contribution in [2.75, 3.05) is 17.1 Å². The molecular weight excluding hydrogens is 532 g/mol. The van der Waals surface area contributed by atoms with Crippen LogP contribution in [0.5, 0.6) is 0 Å². The van der Waals surface area contributed by atoms with Crippen LogP contribution in [0.4, 0.5) is 11.8 Å². The maximum atomic E-state index is 12.8. The molecule has 0 bridgehead atoms. The van der Waals surface area contributed by atoms with Crippen LogP contribution in [-0.4, -0.2) is 42.5 Å². The number of anilines is 2. The maximum Gasteiger partial charge on any atom is 0.264 e. The van der Waals surface area contributed by atoms with Crippen LogP contribution in [0.3, 0.4) is 0 Å². The molecule has 1 aliphatic rings. The van der Waals surface area contributed by atoms with Crippen molar-refractivity contribution in [2.45, 2.75) is 62.9 Å². The van der Waals surface area contributed by atoms with Gasteiger partial charge in [-0.05, 0) is 93.6 Å². The normalized spacial score (nSPS) is 17.7. The number of rotatable bonds is 8. The number of hydrogen-bond acceptors (Lipinski definition) is 7. The second kappa shape index (κ2) is 11.5. The molecule has 0 saturated heterocycles. The Kier molecular flexibility index (Phi) is 8.02. The average molecular weight is 565 g/mol. The van der Waals surface area contributed by atoms with Gasteiger partial charge in [-0.3, -0.25) is 4.72 Å². The predicted octanol–water partition coefficient (Wildman–Crippen LogP) is 5.96. The summed E-state index contributed by atoms with van der Waals surface area (Å²) in [5.41, 5.74) is 4.66. The van der Waals surface area contributed by atoms with Crippen LogP contribution in [0, 0.1) is 6.92 Å². The van der Waals surface area contributed by atoms with E-state index in [-0.39, 0.29) is 15.7 Å². The van der Waals surface area contributed by atoms with Gasteiger partial charge in [0.2, 0.25) is 5.95 Å². The van der Waals surface area contributed by atoms with Gasteiger partial charge in [-0.15, -0.1) is 0 Å². The molecule has 2 aromatic carbocycles. The number of aryl methyl sites for hydroxylation is 2. The molecule has 0 unspecified atom stereocenters. The molecule has 1 aliphatic carbocycles. The number of pyridine rings is 1. The third-order valence-electron chi connectivity index (χ3n) is 7.37. The van der Waals surface area contributed by atoms with Crippen molar-refractivity contribution < 1.29 is 8.42 Å². The van der Waals surface area contributed by atoms with Gasteiger partial charge in [0, 0.05) is 34.9 Å². The molecular formula is C29H33ClN6O2S. The number of fused-ring (bicyclic) bond motifs is 1. The van der Waals surface area contributed by atoms with E-state index in [4.69, 9.17) is 16.6 Å². The molecule has 39 heavy (non-hydrogen) atoms. The van der Waals surface area contributed by atoms with Crippen molar-refractivity contribution in [3.8, 4) is 11.1 Å². The van der Waals surface area contributed by atoms with E-state index in [9.17, 15) is 8.42 Å². The first-order chi connectivity index (χ1) is 18.8. The zero-order valence-electron chi connectivity index (χ0n) is 22.3. The summed E-state index contributed by atoms with van der Waals surface area (Å²) < 4.78 is 28.2. The second-order valence-corrected chi connectivity index (χ2v) is 12.0. The number of nitrogens with one attached hydrogen (secondary N) is 3. The summed E-state index contributed by atoms with van der Waals surface area (Å²) in [6.07, 6.45) is 7.20. The summed E-state index contributed by atoms with van der Waals surface area (Å²) in [4.78, 5) is 14.1. The first-order valence-corrected chi connectivity index (χ1v) is 15.1. The van der Waals surface area contributed by atoms with E-state index < -0.39 is 10.0 Å². The predicted molar refractivity (Wildman–Crippen MR) is 158 cm³/mol. The van der Waals surface area contributed by atoms with E-state index in [0.717, 1.165) is 59.7 Å². The Bertz CT molecular complexity index is 1600. The highest BCUT2D eigenvalue weighted by Crippen LogP contribution is 2.31. The molecule has 10 heteroatoms. The number of hydrogen-bond donors (Lipinski definition) is 3. The standard InChI is InChI=1S/C29H33ClN6O2S/c1-4-19-15-20(16-21-17-32-29(35-28(19)21)34-23-11-9-22(31-3)10-12-23)24-13-14-27(33-18(24)2)36-39(37,38)26-8-6-5-7-25(26)30/h5-8,13-17,22-23,31H,4,9-12H2,1-3H3,(H,33,36)(H,32,34,35)/t22-,23-. The van der Waals surface area contributed by atoms with Gasteiger partial charge >= 0.3 is 0 Å². The summed E-state index contributed by atoms with van der Waals surface area (Å²) in [5, 5.41) is 8.02. The fraction of sp³-hybridized carbons (Fsp3) is 0.345. The van der Waals surface area contributed by atoms with Crippen LogP contribution in [-0.2, 0) is 16.4 Å². The van der Waals surface area contributed by atoms with E-state index in [1.807, 2.05) is 26.2 Å². The van der Waals surface area contributed by atoms with Gasteiger partial charge in [-0.1, -0.05) is 30.7 Å². The lowest BCUT2D eigenvalue weighted by Gasteiger charge is -2.28. The zero-order chi connectivity index (χ0) is 27.6. The quantitative estimate of drug-likeness (QED) is 0.242. The molecule has 2 aromatic heterocycles. The maximum absolute atomic E-state index is 12.8. The van der Waals surface area contributed by atoms with Crippen LogP contribution in [0.15, 0.2) is 59.6 Å². The smallest absolute Gasteiger partial charge is 0.264 e. The van der Waals surface area contributed by atoms with Gasteiger partial charge < -0.3 is 10.6 Å². The van der Waals surface area contributed by atoms with Gasteiger partial charge in [0.15, 0.2) is 0 Å². The van der Waals surface area contributed by atoms with Crippen LogP contribution in [0.25, 0.3) is 22.0 Å². The summed E-state index contributed by atoms with van der Waals surface area (Å²) in [5.74, 6) is 0.904. The first kappa shape index (κ1) is 27.3. The molecule has 0 spiro atoms. The summed E-state index contributed by atoms with van der Waals surface area (Å²) in [7, 11) is -1.84. The topological polar surface area (TPSA) is 109 Å². The lowest BCUT2D eigenvalue weighted by Crippen LogP contribution is -2.35. The Morgan fingerprint density at radius 3 is 2.44 bits per heavy atom. The van der Waals surface area contributed by atoms with E-state index >= 15 is 0 Å².